The number of rotatable bonds is 3. The second-order valence-corrected chi connectivity index (χ2v) is 5.02. The van der Waals surface area contributed by atoms with Crippen molar-refractivity contribution in [3.05, 3.63) is 45.4 Å². The highest BCUT2D eigenvalue weighted by atomic mass is 32.1. The molecule has 0 bridgehead atoms. The Morgan fingerprint density at radius 1 is 1.40 bits per heavy atom. The van der Waals surface area contributed by atoms with Gasteiger partial charge in [0.25, 0.3) is 0 Å². The van der Waals surface area contributed by atoms with Crippen LogP contribution in [0.25, 0.3) is 0 Å². The maximum absolute atomic E-state index is 12.6. The Morgan fingerprint density at radius 3 is 2.70 bits per heavy atom. The Balaban J connectivity index is 2.21. The lowest BCUT2D eigenvalue weighted by atomic mass is 10.1. The number of hydrogen-bond donors (Lipinski definition) is 1. The normalized spacial score (nSPS) is 11.2. The van der Waals surface area contributed by atoms with Gasteiger partial charge in [0, 0.05) is 4.88 Å². The Morgan fingerprint density at radius 2 is 2.15 bits per heavy atom. The van der Waals surface area contributed by atoms with Crippen LogP contribution in [0, 0.1) is 18.3 Å². The fraction of sp³-hybridized carbons (Fsp3) is 0.231. The first kappa shape index (κ1) is 14.3. The monoisotopic (exact) mass is 297 g/mol. The third-order valence-electron chi connectivity index (χ3n) is 2.75. The first-order valence-electron chi connectivity index (χ1n) is 5.66. The number of alkyl halides is 3. The lowest BCUT2D eigenvalue weighted by Gasteiger charge is -2.11. The van der Waals surface area contributed by atoms with Crippen LogP contribution in [0.1, 0.15) is 21.7 Å². The highest BCUT2D eigenvalue weighted by molar-refractivity contribution is 7.09. The van der Waals surface area contributed by atoms with E-state index in [0.717, 1.165) is 22.7 Å². The smallest absolute Gasteiger partial charge is 0.379 e. The second-order valence-electron chi connectivity index (χ2n) is 4.08. The average molecular weight is 297 g/mol. The minimum atomic E-state index is -4.45. The second kappa shape index (κ2) is 5.51. The summed E-state index contributed by atoms with van der Waals surface area (Å²) < 4.78 is 37.7. The topological polar surface area (TPSA) is 48.7 Å². The van der Waals surface area contributed by atoms with Crippen molar-refractivity contribution >= 4 is 17.0 Å². The minimum Gasteiger partial charge on any atom is -0.379 e. The summed E-state index contributed by atoms with van der Waals surface area (Å²) in [5.74, 6) is 0. The number of nitriles is 1. The van der Waals surface area contributed by atoms with Crippen LogP contribution in [0.2, 0.25) is 0 Å². The van der Waals surface area contributed by atoms with Gasteiger partial charge in [0.15, 0.2) is 0 Å². The summed E-state index contributed by atoms with van der Waals surface area (Å²) >= 11 is 1.45. The lowest BCUT2D eigenvalue weighted by Crippen LogP contribution is -2.07. The van der Waals surface area contributed by atoms with Crippen LogP contribution in [0.5, 0.6) is 0 Å². The van der Waals surface area contributed by atoms with E-state index in [-0.39, 0.29) is 5.56 Å². The van der Waals surface area contributed by atoms with E-state index in [0.29, 0.717) is 12.2 Å². The molecule has 0 aliphatic rings. The molecule has 104 valence electrons. The molecular weight excluding hydrogens is 287 g/mol. The van der Waals surface area contributed by atoms with Crippen molar-refractivity contribution in [2.75, 3.05) is 5.32 Å². The molecule has 0 radical (unpaired) electrons. The van der Waals surface area contributed by atoms with Crippen molar-refractivity contribution in [2.24, 2.45) is 0 Å². The molecule has 0 unspecified atom stereocenters. The molecule has 0 saturated carbocycles. The number of hydrogen-bond acceptors (Lipinski definition) is 4. The molecule has 0 amide bonds. The van der Waals surface area contributed by atoms with Gasteiger partial charge in [-0.05, 0) is 25.1 Å². The Labute approximate surface area is 117 Å². The third kappa shape index (κ3) is 3.08. The number of aryl methyl sites for hydroxylation is 1. The van der Waals surface area contributed by atoms with Crippen molar-refractivity contribution < 1.29 is 13.2 Å². The maximum atomic E-state index is 12.6. The molecule has 1 aromatic heterocycles. The van der Waals surface area contributed by atoms with E-state index in [9.17, 15) is 13.2 Å². The molecule has 0 aliphatic carbocycles. The van der Waals surface area contributed by atoms with Gasteiger partial charge in [-0.1, -0.05) is 0 Å². The number of anilines is 1. The van der Waals surface area contributed by atoms with Gasteiger partial charge in [0.1, 0.15) is 6.07 Å². The van der Waals surface area contributed by atoms with Crippen molar-refractivity contribution in [3.63, 3.8) is 0 Å². The number of aromatic nitrogens is 1. The minimum absolute atomic E-state index is 0.0259. The predicted octanol–water partition coefficient (Wildman–Crippen LogP) is 3.95. The molecule has 0 atom stereocenters. The Hall–Kier alpha value is -2.07. The van der Waals surface area contributed by atoms with Crippen molar-refractivity contribution in [1.29, 1.82) is 5.26 Å². The van der Waals surface area contributed by atoms with Gasteiger partial charge in [0.2, 0.25) is 0 Å². The largest absolute Gasteiger partial charge is 0.416 e. The van der Waals surface area contributed by atoms with Crippen molar-refractivity contribution in [2.45, 2.75) is 19.6 Å². The van der Waals surface area contributed by atoms with Gasteiger partial charge in [-0.2, -0.15) is 18.4 Å². The van der Waals surface area contributed by atoms with Crippen LogP contribution in [0.15, 0.2) is 23.7 Å². The highest BCUT2D eigenvalue weighted by Gasteiger charge is 2.31. The summed E-state index contributed by atoms with van der Waals surface area (Å²) in [6.07, 6.45) is -4.45. The Kier molecular flexibility index (Phi) is 3.95. The number of benzene rings is 1. The van der Waals surface area contributed by atoms with E-state index >= 15 is 0 Å². The summed E-state index contributed by atoms with van der Waals surface area (Å²) in [6, 6.07) is 4.86. The molecule has 1 heterocycles. The number of thiazole rings is 1. The first-order chi connectivity index (χ1) is 9.41. The van der Waals surface area contributed by atoms with E-state index in [1.54, 1.807) is 11.6 Å². The average Bonchev–Trinajstić information content (AvgIpc) is 2.80. The standard InChI is InChI=1S/C13H10F3N3S/c1-8-12(20-7-19-8)6-18-11-3-2-10(13(14,15)16)4-9(11)5-17/h2-4,7,18H,6H2,1H3. The van der Waals surface area contributed by atoms with Gasteiger partial charge >= 0.3 is 6.18 Å². The predicted molar refractivity (Wildman–Crippen MR) is 70.3 cm³/mol. The summed E-state index contributed by atoms with van der Waals surface area (Å²) in [5.41, 5.74) is 2.10. The van der Waals surface area contributed by atoms with Crippen LogP contribution in [-0.2, 0) is 12.7 Å². The fourth-order valence-corrected chi connectivity index (χ4v) is 2.36. The first-order valence-corrected chi connectivity index (χ1v) is 6.54. The van der Waals surface area contributed by atoms with Crippen LogP contribution < -0.4 is 5.32 Å². The fourth-order valence-electron chi connectivity index (χ4n) is 1.64. The van der Waals surface area contributed by atoms with Gasteiger partial charge in [-0.15, -0.1) is 11.3 Å². The molecule has 0 fully saturated rings. The van der Waals surface area contributed by atoms with Crippen LogP contribution in [0.3, 0.4) is 0 Å². The van der Waals surface area contributed by atoms with Crippen LogP contribution in [0.4, 0.5) is 18.9 Å². The summed E-state index contributed by atoms with van der Waals surface area (Å²) in [6.45, 7) is 2.28. The zero-order chi connectivity index (χ0) is 14.8. The molecule has 1 aromatic carbocycles. The number of nitrogens with zero attached hydrogens (tertiary/aromatic N) is 2. The zero-order valence-electron chi connectivity index (χ0n) is 10.5. The van der Waals surface area contributed by atoms with Crippen LogP contribution in [-0.4, -0.2) is 4.98 Å². The van der Waals surface area contributed by atoms with E-state index in [4.69, 9.17) is 5.26 Å². The molecule has 0 saturated heterocycles. The third-order valence-corrected chi connectivity index (χ3v) is 3.69. The van der Waals surface area contributed by atoms with E-state index in [2.05, 4.69) is 10.3 Å². The quantitative estimate of drug-likeness (QED) is 0.933. The number of nitrogens with one attached hydrogen (secondary N) is 1. The zero-order valence-corrected chi connectivity index (χ0v) is 11.3. The van der Waals surface area contributed by atoms with E-state index < -0.39 is 11.7 Å². The van der Waals surface area contributed by atoms with Crippen molar-refractivity contribution in [3.8, 4) is 6.07 Å². The molecule has 0 spiro atoms. The molecule has 2 aromatic rings. The molecule has 0 aliphatic heterocycles. The summed E-state index contributed by atoms with van der Waals surface area (Å²) in [5, 5.41) is 11.9. The summed E-state index contributed by atoms with van der Waals surface area (Å²) in [4.78, 5) is 5.06. The lowest BCUT2D eigenvalue weighted by molar-refractivity contribution is -0.137. The van der Waals surface area contributed by atoms with Crippen LogP contribution >= 0.6 is 11.3 Å². The SMILES string of the molecule is Cc1ncsc1CNc1ccc(C(F)(F)F)cc1C#N. The molecule has 2 rings (SSSR count). The summed E-state index contributed by atoms with van der Waals surface area (Å²) in [7, 11) is 0. The highest BCUT2D eigenvalue weighted by Crippen LogP contribution is 2.31. The van der Waals surface area contributed by atoms with E-state index in [1.807, 2.05) is 6.92 Å². The Bertz CT molecular complexity index is 656. The molecular formula is C13H10F3N3S. The van der Waals surface area contributed by atoms with Gasteiger partial charge in [-0.3, -0.25) is 0 Å². The maximum Gasteiger partial charge on any atom is 0.416 e. The van der Waals surface area contributed by atoms with Gasteiger partial charge < -0.3 is 5.32 Å². The van der Waals surface area contributed by atoms with Gasteiger partial charge in [-0.25, -0.2) is 4.98 Å². The van der Waals surface area contributed by atoms with E-state index in [1.165, 1.54) is 17.4 Å². The number of halogens is 3. The molecule has 1 N–H and O–H groups in total. The molecule has 20 heavy (non-hydrogen) atoms. The molecule has 7 heteroatoms. The van der Waals surface area contributed by atoms with Crippen molar-refractivity contribution in [1.82, 2.24) is 4.98 Å². The van der Waals surface area contributed by atoms with Gasteiger partial charge in [0.05, 0.1) is 34.6 Å². The molecule has 3 nitrogen and oxygen atoms in total.